The van der Waals surface area contributed by atoms with Crippen LogP contribution >= 0.6 is 11.8 Å². The first-order valence-electron chi connectivity index (χ1n) is 8.58. The molecule has 0 saturated carbocycles. The molecule has 25 heavy (non-hydrogen) atoms. The van der Waals surface area contributed by atoms with E-state index in [0.717, 1.165) is 19.4 Å². The number of thioether (sulfide) groups is 1. The lowest BCUT2D eigenvalue weighted by Crippen LogP contribution is -2.33. The summed E-state index contributed by atoms with van der Waals surface area (Å²) in [5.41, 5.74) is 0.592. The van der Waals surface area contributed by atoms with Gasteiger partial charge in [-0.1, -0.05) is 23.9 Å². The maximum absolute atomic E-state index is 12.7. The van der Waals surface area contributed by atoms with Crippen molar-refractivity contribution in [2.24, 2.45) is 0 Å². The van der Waals surface area contributed by atoms with Crippen molar-refractivity contribution in [3.05, 3.63) is 34.6 Å². The van der Waals surface area contributed by atoms with Gasteiger partial charge in [0.2, 0.25) is 5.91 Å². The Kier molecular flexibility index (Phi) is 5.75. The van der Waals surface area contributed by atoms with Gasteiger partial charge in [-0.05, 0) is 38.8 Å². The van der Waals surface area contributed by atoms with Crippen LogP contribution in [0.3, 0.4) is 0 Å². The Balaban J connectivity index is 1.72. The predicted molar refractivity (Wildman–Crippen MR) is 99.1 cm³/mol. The molecule has 1 fully saturated rings. The summed E-state index contributed by atoms with van der Waals surface area (Å²) in [6.45, 7) is 5.21. The highest BCUT2D eigenvalue weighted by Crippen LogP contribution is 2.20. The van der Waals surface area contributed by atoms with E-state index in [1.807, 2.05) is 32.0 Å². The van der Waals surface area contributed by atoms with Gasteiger partial charge in [0.1, 0.15) is 0 Å². The molecule has 1 aromatic carbocycles. The number of aromatic nitrogens is 2. The Hall–Kier alpha value is -1.86. The summed E-state index contributed by atoms with van der Waals surface area (Å²) in [5.74, 6) is 0.155. The summed E-state index contributed by atoms with van der Waals surface area (Å²) in [6.07, 6.45) is 2.17. The minimum absolute atomic E-state index is 0.0259. The van der Waals surface area contributed by atoms with Gasteiger partial charge in [0.05, 0.1) is 22.8 Å². The van der Waals surface area contributed by atoms with Crippen LogP contribution in [0.1, 0.15) is 32.7 Å². The summed E-state index contributed by atoms with van der Waals surface area (Å²) < 4.78 is 7.15. The number of ether oxygens (including phenoxy) is 1. The minimum atomic E-state index is -0.0711. The van der Waals surface area contributed by atoms with E-state index in [2.05, 4.69) is 10.3 Å². The van der Waals surface area contributed by atoms with Gasteiger partial charge in [-0.15, -0.1) is 0 Å². The molecule has 2 heterocycles. The lowest BCUT2D eigenvalue weighted by atomic mass is 10.2. The molecule has 3 rings (SSSR count). The molecule has 0 bridgehead atoms. The molecule has 0 radical (unpaired) electrons. The van der Waals surface area contributed by atoms with Crippen LogP contribution in [0, 0.1) is 0 Å². The van der Waals surface area contributed by atoms with Crippen molar-refractivity contribution < 1.29 is 9.53 Å². The zero-order chi connectivity index (χ0) is 17.8. The van der Waals surface area contributed by atoms with Crippen molar-refractivity contribution >= 4 is 28.6 Å². The summed E-state index contributed by atoms with van der Waals surface area (Å²) in [5, 5.41) is 4.07. The Morgan fingerprint density at radius 1 is 1.44 bits per heavy atom. The number of carbonyl (C=O) groups is 1. The fourth-order valence-electron chi connectivity index (χ4n) is 2.90. The number of rotatable bonds is 6. The smallest absolute Gasteiger partial charge is 0.262 e. The number of benzene rings is 1. The molecule has 7 heteroatoms. The number of nitrogens with zero attached hydrogens (tertiary/aromatic N) is 2. The Labute approximate surface area is 151 Å². The third-order valence-electron chi connectivity index (χ3n) is 4.18. The third-order valence-corrected chi connectivity index (χ3v) is 5.13. The normalized spacial score (nSPS) is 17.3. The number of carbonyl (C=O) groups excluding carboxylic acids is 1. The maximum Gasteiger partial charge on any atom is 0.262 e. The summed E-state index contributed by atoms with van der Waals surface area (Å²) >= 11 is 1.29. The van der Waals surface area contributed by atoms with Crippen molar-refractivity contribution in [2.45, 2.75) is 44.0 Å². The van der Waals surface area contributed by atoms with E-state index in [1.54, 1.807) is 10.6 Å². The van der Waals surface area contributed by atoms with Crippen LogP contribution in [-0.4, -0.2) is 40.5 Å². The number of para-hydroxylation sites is 1. The standard InChI is InChI=1S/C18H23N3O3S/c1-12(2)21-17(23)14-7-3-4-8-15(14)20-18(21)25-11-16(22)19-10-13-6-5-9-24-13/h3-4,7-8,12-13H,5-6,9-11H2,1-2H3,(H,19,22). The average Bonchev–Trinajstić information content (AvgIpc) is 3.11. The zero-order valence-corrected chi connectivity index (χ0v) is 15.3. The molecule has 0 aliphatic carbocycles. The summed E-state index contributed by atoms with van der Waals surface area (Å²) in [4.78, 5) is 29.4. The largest absolute Gasteiger partial charge is 0.376 e. The highest BCUT2D eigenvalue weighted by Gasteiger charge is 2.18. The zero-order valence-electron chi connectivity index (χ0n) is 14.5. The molecule has 1 saturated heterocycles. The van der Waals surface area contributed by atoms with Crippen LogP contribution in [0.25, 0.3) is 10.9 Å². The van der Waals surface area contributed by atoms with Crippen LogP contribution in [0.5, 0.6) is 0 Å². The lowest BCUT2D eigenvalue weighted by Gasteiger charge is -2.16. The second kappa shape index (κ2) is 8.01. The van der Waals surface area contributed by atoms with Gasteiger partial charge < -0.3 is 10.1 Å². The van der Waals surface area contributed by atoms with Gasteiger partial charge in [-0.25, -0.2) is 4.98 Å². The lowest BCUT2D eigenvalue weighted by molar-refractivity contribution is -0.119. The fourth-order valence-corrected chi connectivity index (χ4v) is 3.85. The van der Waals surface area contributed by atoms with Crippen molar-refractivity contribution in [3.8, 4) is 0 Å². The van der Waals surface area contributed by atoms with Crippen molar-refractivity contribution in [3.63, 3.8) is 0 Å². The van der Waals surface area contributed by atoms with E-state index in [-0.39, 0.29) is 29.4 Å². The van der Waals surface area contributed by atoms with Crippen LogP contribution in [0.4, 0.5) is 0 Å². The fraction of sp³-hybridized carbons (Fsp3) is 0.500. The minimum Gasteiger partial charge on any atom is -0.376 e. The van der Waals surface area contributed by atoms with Crippen LogP contribution in [0.15, 0.2) is 34.2 Å². The Morgan fingerprint density at radius 2 is 2.24 bits per heavy atom. The molecule has 0 spiro atoms. The molecule has 1 aliphatic rings. The Morgan fingerprint density at radius 3 is 2.96 bits per heavy atom. The van der Waals surface area contributed by atoms with E-state index in [9.17, 15) is 9.59 Å². The summed E-state index contributed by atoms with van der Waals surface area (Å²) in [7, 11) is 0. The van der Waals surface area contributed by atoms with Gasteiger partial charge in [0.25, 0.3) is 5.56 Å². The number of amides is 1. The second-order valence-electron chi connectivity index (χ2n) is 6.41. The highest BCUT2D eigenvalue weighted by molar-refractivity contribution is 7.99. The van der Waals surface area contributed by atoms with E-state index < -0.39 is 0 Å². The van der Waals surface area contributed by atoms with Crippen molar-refractivity contribution in [1.29, 1.82) is 0 Å². The molecule has 1 unspecified atom stereocenters. The summed E-state index contributed by atoms with van der Waals surface area (Å²) in [6, 6.07) is 7.27. The topological polar surface area (TPSA) is 73.2 Å². The third kappa shape index (κ3) is 4.22. The van der Waals surface area contributed by atoms with E-state index in [4.69, 9.17) is 4.74 Å². The van der Waals surface area contributed by atoms with Gasteiger partial charge in [0, 0.05) is 19.2 Å². The first kappa shape index (κ1) is 17.9. The van der Waals surface area contributed by atoms with Crippen molar-refractivity contribution in [2.75, 3.05) is 18.9 Å². The van der Waals surface area contributed by atoms with Crippen LogP contribution in [-0.2, 0) is 9.53 Å². The first-order chi connectivity index (χ1) is 12.1. The molecule has 2 aromatic rings. The highest BCUT2D eigenvalue weighted by atomic mass is 32.2. The van der Waals surface area contributed by atoms with Gasteiger partial charge >= 0.3 is 0 Å². The average molecular weight is 361 g/mol. The number of fused-ring (bicyclic) bond motifs is 1. The van der Waals surface area contributed by atoms with E-state index in [1.165, 1.54) is 11.8 Å². The van der Waals surface area contributed by atoms with E-state index in [0.29, 0.717) is 22.6 Å². The molecule has 1 amide bonds. The molecular formula is C18H23N3O3S. The van der Waals surface area contributed by atoms with Gasteiger partial charge in [-0.2, -0.15) is 0 Å². The molecule has 1 aromatic heterocycles. The Bertz CT molecular complexity index is 813. The van der Waals surface area contributed by atoms with Crippen molar-refractivity contribution in [1.82, 2.24) is 14.9 Å². The van der Waals surface area contributed by atoms with Gasteiger partial charge in [0.15, 0.2) is 5.16 Å². The molecular weight excluding hydrogens is 338 g/mol. The van der Waals surface area contributed by atoms with Gasteiger partial charge in [-0.3, -0.25) is 14.2 Å². The first-order valence-corrected chi connectivity index (χ1v) is 9.57. The number of nitrogens with one attached hydrogen (secondary N) is 1. The second-order valence-corrected chi connectivity index (χ2v) is 7.35. The predicted octanol–water partition coefficient (Wildman–Crippen LogP) is 2.36. The number of hydrogen-bond donors (Lipinski definition) is 1. The maximum atomic E-state index is 12.7. The van der Waals surface area contributed by atoms with E-state index >= 15 is 0 Å². The SMILES string of the molecule is CC(C)n1c(SCC(=O)NCC2CCCO2)nc2ccccc2c1=O. The molecule has 6 nitrogen and oxygen atoms in total. The van der Waals surface area contributed by atoms with Crippen LogP contribution in [0.2, 0.25) is 0 Å². The molecule has 1 aliphatic heterocycles. The molecule has 1 N–H and O–H groups in total. The molecule has 134 valence electrons. The quantitative estimate of drug-likeness (QED) is 0.632. The molecule has 1 atom stereocenters. The monoisotopic (exact) mass is 361 g/mol. The number of hydrogen-bond acceptors (Lipinski definition) is 5. The van der Waals surface area contributed by atoms with Crippen LogP contribution < -0.4 is 10.9 Å².